The number of aromatic nitrogens is 3. The van der Waals surface area contributed by atoms with E-state index in [0.717, 1.165) is 6.20 Å². The number of aliphatic hydroxyl groups is 2. The van der Waals surface area contributed by atoms with Gasteiger partial charge in [0.25, 0.3) is 5.56 Å². The van der Waals surface area contributed by atoms with E-state index < -0.39 is 41.3 Å². The summed E-state index contributed by atoms with van der Waals surface area (Å²) in [7, 11) is 0. The molecule has 0 radical (unpaired) electrons. The summed E-state index contributed by atoms with van der Waals surface area (Å²) in [5.41, 5.74) is 3.51. The lowest BCUT2D eigenvalue weighted by atomic mass is 10.0. The maximum atomic E-state index is 14.0. The highest BCUT2D eigenvalue weighted by Gasteiger charge is 2.75. The van der Waals surface area contributed by atoms with E-state index in [0.29, 0.717) is 0 Å². The number of aromatic amines is 1. The molecule has 1 saturated heterocycles. The van der Waals surface area contributed by atoms with Gasteiger partial charge in [-0.25, -0.2) is 4.39 Å². The lowest BCUT2D eigenvalue weighted by molar-refractivity contribution is -0.0434. The molecular weight excluding hydrogens is 283 g/mol. The SMILES string of the molecule is C[C@@H]1[C@H](n2cc(F)c3c(=O)[nH]c(N)nc32)O[C@@H]2C(O)[C@@]21O. The largest absolute Gasteiger partial charge is 0.387 e. The first-order valence-electron chi connectivity index (χ1n) is 6.47. The van der Waals surface area contributed by atoms with Crippen molar-refractivity contribution in [3.8, 4) is 0 Å². The van der Waals surface area contributed by atoms with Crippen LogP contribution in [-0.4, -0.2) is 42.6 Å². The van der Waals surface area contributed by atoms with Gasteiger partial charge in [0.2, 0.25) is 5.95 Å². The van der Waals surface area contributed by atoms with Gasteiger partial charge in [-0.3, -0.25) is 9.78 Å². The summed E-state index contributed by atoms with van der Waals surface area (Å²) in [4.78, 5) is 17.9. The zero-order valence-electron chi connectivity index (χ0n) is 10.9. The summed E-state index contributed by atoms with van der Waals surface area (Å²) in [5.74, 6) is -1.38. The number of nitrogens with zero attached hydrogens (tertiary/aromatic N) is 2. The van der Waals surface area contributed by atoms with Crippen molar-refractivity contribution in [2.24, 2.45) is 5.92 Å². The van der Waals surface area contributed by atoms with Crippen LogP contribution in [0.15, 0.2) is 11.0 Å². The fourth-order valence-corrected chi connectivity index (χ4v) is 3.18. The molecule has 2 aromatic heterocycles. The predicted molar refractivity (Wildman–Crippen MR) is 68.8 cm³/mol. The molecule has 3 heterocycles. The van der Waals surface area contributed by atoms with Crippen molar-refractivity contribution in [3.63, 3.8) is 0 Å². The normalized spacial score (nSPS) is 37.9. The Hall–Kier alpha value is -1.97. The summed E-state index contributed by atoms with van der Waals surface area (Å²) in [6.45, 7) is 1.68. The highest BCUT2D eigenvalue weighted by atomic mass is 19.1. The first-order valence-corrected chi connectivity index (χ1v) is 6.47. The van der Waals surface area contributed by atoms with Gasteiger partial charge >= 0.3 is 0 Å². The number of ether oxygens (including phenoxy) is 1. The van der Waals surface area contributed by atoms with Gasteiger partial charge in [-0.15, -0.1) is 0 Å². The molecule has 0 spiro atoms. The van der Waals surface area contributed by atoms with E-state index in [1.165, 1.54) is 4.57 Å². The molecule has 4 rings (SSSR count). The van der Waals surface area contributed by atoms with Crippen LogP contribution < -0.4 is 11.3 Å². The van der Waals surface area contributed by atoms with Crippen LogP contribution in [0.25, 0.3) is 11.0 Å². The lowest BCUT2D eigenvalue weighted by Gasteiger charge is -2.23. The Kier molecular flexibility index (Phi) is 2.19. The topological polar surface area (TPSA) is 126 Å². The van der Waals surface area contributed by atoms with E-state index >= 15 is 0 Å². The van der Waals surface area contributed by atoms with E-state index in [1.807, 2.05) is 0 Å². The Morgan fingerprint density at radius 2 is 2.33 bits per heavy atom. The maximum Gasteiger partial charge on any atom is 0.264 e. The Morgan fingerprint density at radius 3 is 2.95 bits per heavy atom. The number of hydrogen-bond acceptors (Lipinski definition) is 6. The van der Waals surface area contributed by atoms with Gasteiger partial charge in [-0.2, -0.15) is 4.98 Å². The van der Waals surface area contributed by atoms with Crippen molar-refractivity contribution in [2.75, 3.05) is 5.73 Å². The molecule has 1 saturated carbocycles. The van der Waals surface area contributed by atoms with Gasteiger partial charge in [0.15, 0.2) is 11.5 Å². The molecule has 2 aromatic rings. The molecule has 112 valence electrons. The van der Waals surface area contributed by atoms with Gasteiger partial charge in [0.1, 0.15) is 29.4 Å². The number of H-pyrrole nitrogens is 1. The Morgan fingerprint density at radius 1 is 1.62 bits per heavy atom. The quantitative estimate of drug-likeness (QED) is 0.539. The fraction of sp³-hybridized carbons (Fsp3) is 0.500. The number of nitrogens with one attached hydrogen (secondary N) is 1. The first kappa shape index (κ1) is 12.7. The van der Waals surface area contributed by atoms with Gasteiger partial charge in [0.05, 0.1) is 0 Å². The molecule has 2 fully saturated rings. The minimum atomic E-state index is -1.34. The highest BCUT2D eigenvalue weighted by Crippen LogP contribution is 2.57. The summed E-state index contributed by atoms with van der Waals surface area (Å²) in [6.07, 6.45) is -1.30. The van der Waals surface area contributed by atoms with Gasteiger partial charge in [-0.1, -0.05) is 6.92 Å². The first-order chi connectivity index (χ1) is 9.85. The second kappa shape index (κ2) is 3.62. The van der Waals surface area contributed by atoms with Crippen molar-refractivity contribution in [1.82, 2.24) is 14.5 Å². The second-order valence-corrected chi connectivity index (χ2v) is 5.60. The molecule has 1 aliphatic carbocycles. The highest BCUT2D eigenvalue weighted by molar-refractivity contribution is 5.77. The minimum Gasteiger partial charge on any atom is -0.387 e. The van der Waals surface area contributed by atoms with E-state index in [9.17, 15) is 19.4 Å². The van der Waals surface area contributed by atoms with E-state index in [-0.39, 0.29) is 17.0 Å². The number of nitrogen functional groups attached to an aromatic ring is 1. The smallest absolute Gasteiger partial charge is 0.264 e. The van der Waals surface area contributed by atoms with Crippen LogP contribution >= 0.6 is 0 Å². The number of hydrogen-bond donors (Lipinski definition) is 4. The number of fused-ring (bicyclic) bond motifs is 2. The molecule has 1 unspecified atom stereocenters. The van der Waals surface area contributed by atoms with Crippen LogP contribution in [0.3, 0.4) is 0 Å². The summed E-state index contributed by atoms with van der Waals surface area (Å²) >= 11 is 0. The number of nitrogens with two attached hydrogens (primary N) is 1. The molecule has 0 bridgehead atoms. The fourth-order valence-electron chi connectivity index (χ4n) is 3.18. The third-order valence-electron chi connectivity index (χ3n) is 4.48. The Labute approximate surface area is 117 Å². The van der Waals surface area contributed by atoms with Crippen LogP contribution in [0.4, 0.5) is 10.3 Å². The standard InChI is InChI=1S/C12H13FN4O4/c1-3-10(21-7-6(18)12(3,7)20)17-2-4(13)5-8(17)15-11(14)16-9(5)19/h2-3,6-7,10,18,20H,1H3,(H3,14,15,16,19)/t3-,6?,7-,10-,12-/m1/s1. The van der Waals surface area contributed by atoms with Crippen LogP contribution in [0.1, 0.15) is 13.2 Å². The van der Waals surface area contributed by atoms with Crippen molar-refractivity contribution in [2.45, 2.75) is 31.0 Å². The Balaban J connectivity index is 1.88. The third kappa shape index (κ3) is 1.38. The molecule has 0 aromatic carbocycles. The van der Waals surface area contributed by atoms with E-state index in [4.69, 9.17) is 10.5 Å². The molecule has 2 aliphatic rings. The molecule has 5 N–H and O–H groups in total. The maximum absolute atomic E-state index is 14.0. The van der Waals surface area contributed by atoms with Crippen molar-refractivity contribution >= 4 is 17.0 Å². The molecule has 9 heteroatoms. The second-order valence-electron chi connectivity index (χ2n) is 5.60. The number of aliphatic hydroxyl groups excluding tert-OH is 1. The third-order valence-corrected chi connectivity index (χ3v) is 4.48. The van der Waals surface area contributed by atoms with E-state index in [2.05, 4.69) is 9.97 Å². The minimum absolute atomic E-state index is 0.0463. The van der Waals surface area contributed by atoms with Crippen LogP contribution in [0.5, 0.6) is 0 Å². The number of halogens is 1. The average Bonchev–Trinajstić information content (AvgIpc) is 2.69. The number of anilines is 1. The molecule has 8 nitrogen and oxygen atoms in total. The van der Waals surface area contributed by atoms with E-state index in [1.54, 1.807) is 6.92 Å². The van der Waals surface area contributed by atoms with Crippen LogP contribution in [-0.2, 0) is 4.74 Å². The molecule has 1 aliphatic heterocycles. The van der Waals surface area contributed by atoms with Crippen molar-refractivity contribution in [3.05, 3.63) is 22.4 Å². The summed E-state index contributed by atoms with van der Waals surface area (Å²) in [6, 6.07) is 0. The van der Waals surface area contributed by atoms with Crippen LogP contribution in [0, 0.1) is 11.7 Å². The lowest BCUT2D eigenvalue weighted by Crippen LogP contribution is -2.29. The zero-order chi connectivity index (χ0) is 15.1. The monoisotopic (exact) mass is 296 g/mol. The van der Waals surface area contributed by atoms with Gasteiger partial charge in [0, 0.05) is 12.1 Å². The Bertz CT molecular complexity index is 817. The van der Waals surface area contributed by atoms with Crippen molar-refractivity contribution in [1.29, 1.82) is 0 Å². The molecule has 5 atom stereocenters. The van der Waals surface area contributed by atoms with Crippen LogP contribution in [0.2, 0.25) is 0 Å². The summed E-state index contributed by atoms with van der Waals surface area (Å²) in [5, 5.41) is 19.6. The van der Waals surface area contributed by atoms with Gasteiger partial charge in [-0.05, 0) is 0 Å². The average molecular weight is 296 g/mol. The molecular formula is C12H13FN4O4. The van der Waals surface area contributed by atoms with Gasteiger partial charge < -0.3 is 25.3 Å². The molecule has 21 heavy (non-hydrogen) atoms. The summed E-state index contributed by atoms with van der Waals surface area (Å²) < 4.78 is 20.9. The molecule has 0 amide bonds. The number of rotatable bonds is 1. The van der Waals surface area contributed by atoms with Crippen molar-refractivity contribution < 1.29 is 19.3 Å². The zero-order valence-corrected chi connectivity index (χ0v) is 10.9. The predicted octanol–water partition coefficient (Wildman–Crippen LogP) is -0.915.